The molecule has 0 aliphatic carbocycles. The standard InChI is InChI=1S/C25H21FN4O4/c1-33-25(32)17-11-22(29-14-17)23-12-19(7-8-28-23)34-18-4-2-3-16(10-18)24(31)30-21-9-15(13-27)5-6-20(21)26/h2-12,14,29H,13,27H2,1H3,(H,30,31). The van der Waals surface area contributed by atoms with Crippen molar-refractivity contribution in [2.75, 3.05) is 12.4 Å². The fourth-order valence-electron chi connectivity index (χ4n) is 3.23. The summed E-state index contributed by atoms with van der Waals surface area (Å²) in [5.41, 5.74) is 8.17. The van der Waals surface area contributed by atoms with E-state index >= 15 is 0 Å². The first-order chi connectivity index (χ1) is 16.5. The van der Waals surface area contributed by atoms with Crippen LogP contribution < -0.4 is 15.8 Å². The summed E-state index contributed by atoms with van der Waals surface area (Å²) in [4.78, 5) is 31.6. The number of aromatic nitrogens is 2. The third-order valence-electron chi connectivity index (χ3n) is 4.96. The number of pyridine rings is 1. The molecule has 9 heteroatoms. The third kappa shape index (κ3) is 5.11. The summed E-state index contributed by atoms with van der Waals surface area (Å²) < 4.78 is 24.7. The van der Waals surface area contributed by atoms with Crippen molar-refractivity contribution >= 4 is 17.6 Å². The summed E-state index contributed by atoms with van der Waals surface area (Å²) in [5, 5.41) is 2.56. The lowest BCUT2D eigenvalue weighted by Crippen LogP contribution is -2.13. The van der Waals surface area contributed by atoms with E-state index in [2.05, 4.69) is 15.3 Å². The number of hydrogen-bond acceptors (Lipinski definition) is 6. The Kier molecular flexibility index (Phi) is 6.65. The summed E-state index contributed by atoms with van der Waals surface area (Å²) in [6.45, 7) is 0.229. The predicted octanol–water partition coefficient (Wildman–Crippen LogP) is 4.51. The minimum absolute atomic E-state index is 0.0512. The van der Waals surface area contributed by atoms with Gasteiger partial charge in [-0.15, -0.1) is 0 Å². The highest BCUT2D eigenvalue weighted by Gasteiger charge is 2.13. The fraction of sp³-hybridized carbons (Fsp3) is 0.0800. The Bertz CT molecular complexity index is 1350. The zero-order chi connectivity index (χ0) is 24.1. The molecule has 4 rings (SSSR count). The quantitative estimate of drug-likeness (QED) is 0.349. The highest BCUT2D eigenvalue weighted by Crippen LogP contribution is 2.27. The molecular weight excluding hydrogens is 439 g/mol. The van der Waals surface area contributed by atoms with E-state index in [0.717, 1.165) is 0 Å². The van der Waals surface area contributed by atoms with Crippen LogP contribution in [0.2, 0.25) is 0 Å². The maximum absolute atomic E-state index is 14.1. The van der Waals surface area contributed by atoms with E-state index in [1.807, 2.05) is 0 Å². The lowest BCUT2D eigenvalue weighted by atomic mass is 10.1. The fourth-order valence-corrected chi connectivity index (χ4v) is 3.23. The molecule has 4 N–H and O–H groups in total. The summed E-state index contributed by atoms with van der Waals surface area (Å²) in [5.74, 6) is -0.626. The van der Waals surface area contributed by atoms with Crippen LogP contribution in [0.15, 0.2) is 73.1 Å². The SMILES string of the molecule is COC(=O)c1c[nH]c(-c2cc(Oc3cccc(C(=O)Nc4cc(CN)ccc4F)c3)ccn2)c1. The van der Waals surface area contributed by atoms with Gasteiger partial charge in [-0.05, 0) is 48.0 Å². The summed E-state index contributed by atoms with van der Waals surface area (Å²) in [7, 11) is 1.31. The second-order valence-electron chi connectivity index (χ2n) is 7.27. The van der Waals surface area contributed by atoms with Crippen molar-refractivity contribution in [3.8, 4) is 22.9 Å². The Morgan fingerprint density at radius 2 is 1.88 bits per heavy atom. The topological polar surface area (TPSA) is 119 Å². The van der Waals surface area contributed by atoms with Gasteiger partial charge >= 0.3 is 5.97 Å². The number of esters is 1. The van der Waals surface area contributed by atoms with Gasteiger partial charge in [-0.1, -0.05) is 12.1 Å². The second-order valence-corrected chi connectivity index (χ2v) is 7.27. The van der Waals surface area contributed by atoms with E-state index in [9.17, 15) is 14.0 Å². The van der Waals surface area contributed by atoms with E-state index < -0.39 is 17.7 Å². The van der Waals surface area contributed by atoms with Crippen LogP contribution >= 0.6 is 0 Å². The monoisotopic (exact) mass is 460 g/mol. The molecule has 2 heterocycles. The molecule has 1 amide bonds. The first-order valence-electron chi connectivity index (χ1n) is 10.3. The van der Waals surface area contributed by atoms with Crippen molar-refractivity contribution in [2.24, 2.45) is 5.73 Å². The van der Waals surface area contributed by atoms with E-state index in [0.29, 0.717) is 34.0 Å². The van der Waals surface area contributed by atoms with Gasteiger partial charge in [0, 0.05) is 30.6 Å². The van der Waals surface area contributed by atoms with Crippen LogP contribution in [0.25, 0.3) is 11.4 Å². The van der Waals surface area contributed by atoms with Gasteiger partial charge in [-0.25, -0.2) is 9.18 Å². The number of halogens is 1. The molecule has 0 atom stereocenters. The largest absolute Gasteiger partial charge is 0.465 e. The Balaban J connectivity index is 1.51. The van der Waals surface area contributed by atoms with Crippen molar-refractivity contribution in [1.82, 2.24) is 9.97 Å². The molecular formula is C25H21FN4O4. The number of methoxy groups -OCH3 is 1. The average molecular weight is 460 g/mol. The number of aromatic amines is 1. The highest BCUT2D eigenvalue weighted by atomic mass is 19.1. The second kappa shape index (κ2) is 9.97. The molecule has 0 aliphatic rings. The first kappa shape index (κ1) is 22.7. The number of nitrogens with zero attached hydrogens (tertiary/aromatic N) is 1. The number of nitrogens with two attached hydrogens (primary N) is 1. The van der Waals surface area contributed by atoms with Crippen LogP contribution in [0, 0.1) is 5.82 Å². The lowest BCUT2D eigenvalue weighted by Gasteiger charge is -2.10. The molecule has 34 heavy (non-hydrogen) atoms. The van der Waals surface area contributed by atoms with Crippen molar-refractivity contribution in [1.29, 1.82) is 0 Å². The van der Waals surface area contributed by atoms with E-state index in [1.165, 1.54) is 25.4 Å². The number of hydrogen-bond donors (Lipinski definition) is 3. The molecule has 0 aliphatic heterocycles. The highest BCUT2D eigenvalue weighted by molar-refractivity contribution is 6.04. The van der Waals surface area contributed by atoms with E-state index in [4.69, 9.17) is 15.2 Å². The zero-order valence-electron chi connectivity index (χ0n) is 18.2. The smallest absolute Gasteiger partial charge is 0.339 e. The van der Waals surface area contributed by atoms with E-state index in [-0.39, 0.29) is 17.8 Å². The Hall–Kier alpha value is -4.50. The molecule has 0 bridgehead atoms. The van der Waals surface area contributed by atoms with Gasteiger partial charge < -0.3 is 25.5 Å². The lowest BCUT2D eigenvalue weighted by molar-refractivity contribution is 0.0601. The molecule has 2 aromatic carbocycles. The van der Waals surface area contributed by atoms with Gasteiger partial charge in [0.2, 0.25) is 0 Å². The van der Waals surface area contributed by atoms with Gasteiger partial charge in [0.1, 0.15) is 17.3 Å². The zero-order valence-corrected chi connectivity index (χ0v) is 18.2. The predicted molar refractivity (Wildman–Crippen MR) is 124 cm³/mol. The molecule has 0 saturated carbocycles. The molecule has 2 aromatic heterocycles. The van der Waals surface area contributed by atoms with Crippen LogP contribution in [0.5, 0.6) is 11.5 Å². The Morgan fingerprint density at radius 3 is 2.68 bits per heavy atom. The molecule has 172 valence electrons. The first-order valence-corrected chi connectivity index (χ1v) is 10.3. The van der Waals surface area contributed by atoms with E-state index in [1.54, 1.807) is 54.7 Å². The maximum atomic E-state index is 14.1. The number of nitrogens with one attached hydrogen (secondary N) is 2. The van der Waals surface area contributed by atoms with Crippen LogP contribution in [0.3, 0.4) is 0 Å². The summed E-state index contributed by atoms with van der Waals surface area (Å²) in [6.07, 6.45) is 3.09. The average Bonchev–Trinajstić information content (AvgIpc) is 3.36. The van der Waals surface area contributed by atoms with Crippen molar-refractivity contribution in [2.45, 2.75) is 6.54 Å². The number of rotatable bonds is 7. The normalized spacial score (nSPS) is 10.6. The van der Waals surface area contributed by atoms with Crippen LogP contribution in [-0.2, 0) is 11.3 Å². The van der Waals surface area contributed by atoms with Crippen molar-refractivity contribution in [3.05, 3.63) is 95.6 Å². The molecule has 0 fully saturated rings. The molecule has 4 aromatic rings. The van der Waals surface area contributed by atoms with Crippen LogP contribution in [0.1, 0.15) is 26.3 Å². The minimum atomic E-state index is -0.554. The third-order valence-corrected chi connectivity index (χ3v) is 4.96. The molecule has 0 unspecified atom stereocenters. The van der Waals surface area contributed by atoms with Crippen LogP contribution in [0.4, 0.5) is 10.1 Å². The van der Waals surface area contributed by atoms with Gasteiger partial charge in [-0.2, -0.15) is 0 Å². The number of anilines is 1. The van der Waals surface area contributed by atoms with Gasteiger partial charge in [0.05, 0.1) is 29.7 Å². The minimum Gasteiger partial charge on any atom is -0.465 e. The number of ether oxygens (including phenoxy) is 2. The Morgan fingerprint density at radius 1 is 1.06 bits per heavy atom. The molecule has 8 nitrogen and oxygen atoms in total. The molecule has 0 radical (unpaired) electrons. The van der Waals surface area contributed by atoms with Gasteiger partial charge in [0.25, 0.3) is 5.91 Å². The van der Waals surface area contributed by atoms with Crippen LogP contribution in [-0.4, -0.2) is 29.0 Å². The van der Waals surface area contributed by atoms with Crippen molar-refractivity contribution in [3.63, 3.8) is 0 Å². The number of carbonyl (C=O) groups is 2. The number of H-pyrrole nitrogens is 1. The molecule has 0 spiro atoms. The summed E-state index contributed by atoms with van der Waals surface area (Å²) >= 11 is 0. The Labute approximate surface area is 194 Å². The summed E-state index contributed by atoms with van der Waals surface area (Å²) in [6, 6.07) is 15.8. The van der Waals surface area contributed by atoms with Gasteiger partial charge in [0.15, 0.2) is 0 Å². The number of benzene rings is 2. The van der Waals surface area contributed by atoms with Crippen molar-refractivity contribution < 1.29 is 23.5 Å². The number of carbonyl (C=O) groups excluding carboxylic acids is 2. The molecule has 0 saturated heterocycles. The van der Waals surface area contributed by atoms with Gasteiger partial charge in [-0.3, -0.25) is 9.78 Å². The maximum Gasteiger partial charge on any atom is 0.339 e. The number of amides is 1.